The molecule has 2 unspecified atom stereocenters. The first-order chi connectivity index (χ1) is 9.83. The smallest absolute Gasteiger partial charge is 0.337 e. The molecule has 5 nitrogen and oxygen atoms in total. The standard InChI is InChI=1S/C13H16ClNO4S2/c1-20-9-3-2-8(6-9)15-21(18,19)10-4-5-11(13(16)17)12(14)7-10/h4-5,7-9,15H,2-3,6H2,1H3,(H,16,17). The molecule has 0 radical (unpaired) electrons. The molecular weight excluding hydrogens is 334 g/mol. The normalized spacial score (nSPS) is 22.4. The monoisotopic (exact) mass is 349 g/mol. The molecule has 1 fully saturated rings. The Balaban J connectivity index is 2.16. The van der Waals surface area contributed by atoms with Crippen LogP contribution >= 0.6 is 23.4 Å². The minimum Gasteiger partial charge on any atom is -0.478 e. The van der Waals surface area contributed by atoms with Crippen LogP contribution in [0.5, 0.6) is 0 Å². The van der Waals surface area contributed by atoms with Crippen molar-refractivity contribution in [2.75, 3.05) is 6.26 Å². The third-order valence-corrected chi connectivity index (χ3v) is 6.45. The Hall–Kier alpha value is -0.760. The van der Waals surface area contributed by atoms with E-state index in [1.807, 2.05) is 6.26 Å². The first-order valence-electron chi connectivity index (χ1n) is 6.41. The van der Waals surface area contributed by atoms with Gasteiger partial charge < -0.3 is 5.11 Å². The van der Waals surface area contributed by atoms with Crippen molar-refractivity contribution in [1.82, 2.24) is 4.72 Å². The van der Waals surface area contributed by atoms with Crippen molar-refractivity contribution in [2.24, 2.45) is 0 Å². The van der Waals surface area contributed by atoms with Gasteiger partial charge in [-0.15, -0.1) is 0 Å². The summed E-state index contributed by atoms with van der Waals surface area (Å²) in [6.45, 7) is 0. The van der Waals surface area contributed by atoms with Crippen LogP contribution < -0.4 is 4.72 Å². The third-order valence-electron chi connectivity index (χ3n) is 3.52. The predicted octanol–water partition coefficient (Wildman–Crippen LogP) is 2.60. The van der Waals surface area contributed by atoms with E-state index >= 15 is 0 Å². The molecule has 1 aliphatic rings. The molecular formula is C13H16ClNO4S2. The van der Waals surface area contributed by atoms with Crippen molar-refractivity contribution in [1.29, 1.82) is 0 Å². The largest absolute Gasteiger partial charge is 0.478 e. The number of hydrogen-bond donors (Lipinski definition) is 2. The quantitative estimate of drug-likeness (QED) is 0.853. The molecule has 1 aromatic rings. The van der Waals surface area contributed by atoms with E-state index in [9.17, 15) is 13.2 Å². The second-order valence-electron chi connectivity index (χ2n) is 4.94. The Bertz CT molecular complexity index is 648. The molecule has 2 rings (SSSR count). The molecule has 0 heterocycles. The van der Waals surface area contributed by atoms with Crippen LogP contribution in [0.3, 0.4) is 0 Å². The van der Waals surface area contributed by atoms with Gasteiger partial charge in [0.05, 0.1) is 15.5 Å². The van der Waals surface area contributed by atoms with Crippen LogP contribution in [-0.2, 0) is 10.0 Å². The Morgan fingerprint density at radius 3 is 2.67 bits per heavy atom. The van der Waals surface area contributed by atoms with Gasteiger partial charge in [-0.3, -0.25) is 0 Å². The average molecular weight is 350 g/mol. The maximum atomic E-state index is 12.3. The molecule has 0 aromatic heterocycles. The molecule has 1 aromatic carbocycles. The molecule has 2 N–H and O–H groups in total. The van der Waals surface area contributed by atoms with Gasteiger partial charge in [-0.1, -0.05) is 11.6 Å². The Labute approximate surface area is 133 Å². The van der Waals surface area contributed by atoms with Crippen molar-refractivity contribution in [3.05, 3.63) is 28.8 Å². The second kappa shape index (κ2) is 6.56. The van der Waals surface area contributed by atoms with Gasteiger partial charge in [0.2, 0.25) is 10.0 Å². The number of benzene rings is 1. The zero-order valence-corrected chi connectivity index (χ0v) is 13.8. The number of thioether (sulfide) groups is 1. The molecule has 0 amide bonds. The van der Waals surface area contributed by atoms with Crippen LogP contribution in [0.2, 0.25) is 5.02 Å². The molecule has 1 saturated carbocycles. The van der Waals surface area contributed by atoms with Crippen LogP contribution in [0.25, 0.3) is 0 Å². The fourth-order valence-electron chi connectivity index (χ4n) is 2.39. The maximum absolute atomic E-state index is 12.3. The molecule has 0 spiro atoms. The summed E-state index contributed by atoms with van der Waals surface area (Å²) in [6, 6.07) is 3.57. The van der Waals surface area contributed by atoms with E-state index < -0.39 is 16.0 Å². The molecule has 21 heavy (non-hydrogen) atoms. The topological polar surface area (TPSA) is 83.5 Å². The van der Waals surface area contributed by atoms with Crippen LogP contribution in [0.1, 0.15) is 29.6 Å². The van der Waals surface area contributed by atoms with Gasteiger partial charge in [0.15, 0.2) is 0 Å². The highest BCUT2D eigenvalue weighted by molar-refractivity contribution is 7.99. The van der Waals surface area contributed by atoms with E-state index in [0.717, 1.165) is 19.3 Å². The van der Waals surface area contributed by atoms with E-state index in [0.29, 0.717) is 5.25 Å². The Kier molecular flexibility index (Phi) is 5.19. The molecule has 1 aliphatic carbocycles. The zero-order valence-electron chi connectivity index (χ0n) is 11.4. The lowest BCUT2D eigenvalue weighted by Crippen LogP contribution is -2.33. The number of aromatic carboxylic acids is 1. The molecule has 0 bridgehead atoms. The van der Waals surface area contributed by atoms with Gasteiger partial charge in [-0.25, -0.2) is 17.9 Å². The first kappa shape index (κ1) is 16.6. The van der Waals surface area contributed by atoms with Crippen molar-refractivity contribution in [3.8, 4) is 0 Å². The summed E-state index contributed by atoms with van der Waals surface area (Å²) in [5, 5.41) is 9.29. The molecule has 8 heteroatoms. The van der Waals surface area contributed by atoms with Gasteiger partial charge in [0, 0.05) is 11.3 Å². The molecule has 2 atom stereocenters. The number of carboxylic acids is 1. The van der Waals surface area contributed by atoms with Crippen molar-refractivity contribution < 1.29 is 18.3 Å². The number of rotatable bonds is 5. The third kappa shape index (κ3) is 3.91. The summed E-state index contributed by atoms with van der Waals surface area (Å²) in [5.74, 6) is -1.18. The lowest BCUT2D eigenvalue weighted by Gasteiger charge is -2.13. The number of carbonyl (C=O) groups is 1. The number of hydrogen-bond acceptors (Lipinski definition) is 4. The summed E-state index contributed by atoms with van der Waals surface area (Å²) < 4.78 is 27.2. The van der Waals surface area contributed by atoms with Crippen molar-refractivity contribution in [3.63, 3.8) is 0 Å². The van der Waals surface area contributed by atoms with Gasteiger partial charge in [-0.05, 0) is 43.7 Å². The van der Waals surface area contributed by atoms with Gasteiger partial charge in [-0.2, -0.15) is 11.8 Å². The summed E-state index contributed by atoms with van der Waals surface area (Å²) in [4.78, 5) is 10.9. The minimum absolute atomic E-state index is 0.00917. The number of sulfonamides is 1. The van der Waals surface area contributed by atoms with E-state index in [-0.39, 0.29) is 21.5 Å². The number of nitrogens with one attached hydrogen (secondary N) is 1. The zero-order chi connectivity index (χ0) is 15.6. The minimum atomic E-state index is -3.68. The summed E-state index contributed by atoms with van der Waals surface area (Å²) in [6.07, 6.45) is 4.63. The fourth-order valence-corrected chi connectivity index (χ4v) is 4.82. The van der Waals surface area contributed by atoms with Crippen LogP contribution in [0, 0.1) is 0 Å². The van der Waals surface area contributed by atoms with Crippen molar-refractivity contribution in [2.45, 2.75) is 35.4 Å². The summed E-state index contributed by atoms with van der Waals surface area (Å²) in [7, 11) is -3.68. The van der Waals surface area contributed by atoms with Crippen molar-refractivity contribution >= 4 is 39.4 Å². The summed E-state index contributed by atoms with van der Waals surface area (Å²) >= 11 is 7.56. The van der Waals surface area contributed by atoms with Gasteiger partial charge in [0.25, 0.3) is 0 Å². The first-order valence-corrected chi connectivity index (χ1v) is 9.56. The van der Waals surface area contributed by atoms with Crippen LogP contribution in [0.15, 0.2) is 23.1 Å². The number of halogens is 1. The highest BCUT2D eigenvalue weighted by atomic mass is 35.5. The SMILES string of the molecule is CSC1CCC(NS(=O)(=O)c2ccc(C(=O)O)c(Cl)c2)C1. The van der Waals surface area contributed by atoms with E-state index in [2.05, 4.69) is 4.72 Å². The average Bonchev–Trinajstić information content (AvgIpc) is 2.85. The highest BCUT2D eigenvalue weighted by Gasteiger charge is 2.28. The van der Waals surface area contributed by atoms with Crippen LogP contribution in [0.4, 0.5) is 0 Å². The fraction of sp³-hybridized carbons (Fsp3) is 0.462. The number of carboxylic acid groups (broad SMARTS) is 1. The highest BCUT2D eigenvalue weighted by Crippen LogP contribution is 2.29. The van der Waals surface area contributed by atoms with Gasteiger partial charge >= 0.3 is 5.97 Å². The van der Waals surface area contributed by atoms with E-state index in [1.165, 1.54) is 18.2 Å². The molecule has 0 saturated heterocycles. The predicted molar refractivity (Wildman–Crippen MR) is 83.7 cm³/mol. The maximum Gasteiger partial charge on any atom is 0.337 e. The second-order valence-corrected chi connectivity index (χ2v) is 8.20. The lowest BCUT2D eigenvalue weighted by atomic mass is 10.2. The Morgan fingerprint density at radius 1 is 1.43 bits per heavy atom. The molecule has 116 valence electrons. The van der Waals surface area contributed by atoms with E-state index in [4.69, 9.17) is 16.7 Å². The Morgan fingerprint density at radius 2 is 2.14 bits per heavy atom. The van der Waals surface area contributed by atoms with Gasteiger partial charge in [0.1, 0.15) is 0 Å². The summed E-state index contributed by atoms with van der Waals surface area (Å²) in [5.41, 5.74) is -0.112. The lowest BCUT2D eigenvalue weighted by molar-refractivity contribution is 0.0697. The van der Waals surface area contributed by atoms with Crippen LogP contribution in [-0.4, -0.2) is 37.0 Å². The molecule has 0 aliphatic heterocycles. The van der Waals surface area contributed by atoms with E-state index in [1.54, 1.807) is 11.8 Å².